The molecule has 1 aliphatic rings. The fourth-order valence-electron chi connectivity index (χ4n) is 2.52. The van der Waals surface area contributed by atoms with Crippen molar-refractivity contribution in [3.8, 4) is 0 Å². The van der Waals surface area contributed by atoms with Crippen LogP contribution in [0, 0.1) is 11.8 Å². The molecule has 0 radical (unpaired) electrons. The van der Waals surface area contributed by atoms with Gasteiger partial charge in [-0.25, -0.2) is 23.1 Å². The van der Waals surface area contributed by atoms with Gasteiger partial charge in [-0.15, -0.1) is 0 Å². The molecule has 2 rings (SSSR count). The molecule has 0 amide bonds. The van der Waals surface area contributed by atoms with Gasteiger partial charge in [-0.1, -0.05) is 19.8 Å². The lowest BCUT2D eigenvalue weighted by atomic mass is 9.83. The van der Waals surface area contributed by atoms with Crippen LogP contribution in [0.5, 0.6) is 0 Å². The highest BCUT2D eigenvalue weighted by Gasteiger charge is 2.22. The molecule has 6 nitrogen and oxygen atoms in total. The van der Waals surface area contributed by atoms with E-state index >= 15 is 0 Å². The van der Waals surface area contributed by atoms with Gasteiger partial charge < -0.3 is 5.73 Å². The first-order valence-corrected chi connectivity index (χ1v) is 8.03. The molecule has 1 aromatic heterocycles. The van der Waals surface area contributed by atoms with Gasteiger partial charge in [0.05, 0.1) is 12.4 Å². The van der Waals surface area contributed by atoms with Crippen molar-refractivity contribution >= 4 is 16.0 Å². The number of nitrogens with two attached hydrogens (primary N) is 1. The zero-order valence-electron chi connectivity index (χ0n) is 11.0. The van der Waals surface area contributed by atoms with Crippen LogP contribution in [0.15, 0.2) is 17.3 Å². The number of anilines is 1. The van der Waals surface area contributed by atoms with Crippen molar-refractivity contribution in [1.29, 1.82) is 0 Å². The Kier molecular flexibility index (Phi) is 4.36. The Balaban J connectivity index is 1.96. The first-order chi connectivity index (χ1) is 8.97. The van der Waals surface area contributed by atoms with Crippen LogP contribution < -0.4 is 10.5 Å². The monoisotopic (exact) mass is 284 g/mol. The third kappa shape index (κ3) is 3.87. The minimum Gasteiger partial charge on any atom is -0.368 e. The highest BCUT2D eigenvalue weighted by Crippen LogP contribution is 2.28. The van der Waals surface area contributed by atoms with E-state index in [0.29, 0.717) is 18.4 Å². The third-order valence-electron chi connectivity index (χ3n) is 3.57. The Bertz CT molecular complexity index is 515. The second kappa shape index (κ2) is 5.83. The fraction of sp³-hybridized carbons (Fsp3) is 0.667. The predicted octanol–water partition coefficient (Wildman–Crippen LogP) is 1.16. The highest BCUT2D eigenvalue weighted by atomic mass is 32.2. The van der Waals surface area contributed by atoms with Gasteiger partial charge in [0.25, 0.3) is 0 Å². The molecule has 3 N–H and O–H groups in total. The summed E-state index contributed by atoms with van der Waals surface area (Å²) in [5.41, 5.74) is 5.34. The van der Waals surface area contributed by atoms with Crippen molar-refractivity contribution in [3.05, 3.63) is 12.4 Å². The highest BCUT2D eigenvalue weighted by molar-refractivity contribution is 7.89. The molecule has 0 aromatic carbocycles. The van der Waals surface area contributed by atoms with Gasteiger partial charge in [0.1, 0.15) is 4.90 Å². The molecule has 0 saturated heterocycles. The number of hydrogen-bond donors (Lipinski definition) is 2. The first-order valence-electron chi connectivity index (χ1n) is 6.54. The van der Waals surface area contributed by atoms with Crippen LogP contribution in [0.1, 0.15) is 32.6 Å². The Morgan fingerprint density at radius 2 is 2.05 bits per heavy atom. The molecular weight excluding hydrogens is 264 g/mol. The molecular formula is C12H20N4O2S. The van der Waals surface area contributed by atoms with E-state index in [1.165, 1.54) is 25.2 Å². The predicted molar refractivity (Wildman–Crippen MR) is 72.8 cm³/mol. The standard InChI is InChI=1S/C12H20N4O2S/c1-9-3-2-4-10(5-9)6-16-19(17,18)11-7-14-12(13)15-8-11/h7-10,16H,2-6H2,1H3,(H2,13,14,15). The molecule has 0 aliphatic heterocycles. The molecule has 1 saturated carbocycles. The van der Waals surface area contributed by atoms with Crippen LogP contribution in [0.25, 0.3) is 0 Å². The Labute approximate surface area is 113 Å². The molecule has 106 valence electrons. The van der Waals surface area contributed by atoms with E-state index in [-0.39, 0.29) is 10.8 Å². The normalized spacial score (nSPS) is 24.3. The minimum absolute atomic E-state index is 0.0607. The van der Waals surface area contributed by atoms with Crippen LogP contribution in [0.4, 0.5) is 5.95 Å². The number of nitrogens with zero attached hydrogens (tertiary/aromatic N) is 2. The number of sulfonamides is 1. The zero-order valence-corrected chi connectivity index (χ0v) is 11.9. The maximum atomic E-state index is 12.0. The van der Waals surface area contributed by atoms with Crippen molar-refractivity contribution in [1.82, 2.24) is 14.7 Å². The van der Waals surface area contributed by atoms with Gasteiger partial charge in [-0.05, 0) is 24.7 Å². The van der Waals surface area contributed by atoms with E-state index in [4.69, 9.17) is 5.73 Å². The third-order valence-corrected chi connectivity index (χ3v) is 4.94. The van der Waals surface area contributed by atoms with Crippen molar-refractivity contribution < 1.29 is 8.42 Å². The number of nitrogen functional groups attached to an aromatic ring is 1. The molecule has 7 heteroatoms. The second-order valence-electron chi connectivity index (χ2n) is 5.27. The number of rotatable bonds is 4. The van der Waals surface area contributed by atoms with Gasteiger partial charge >= 0.3 is 0 Å². The van der Waals surface area contributed by atoms with E-state index in [2.05, 4.69) is 21.6 Å². The van der Waals surface area contributed by atoms with Crippen LogP contribution in [0.2, 0.25) is 0 Å². The summed E-state index contributed by atoms with van der Waals surface area (Å²) in [6.07, 6.45) is 7.06. The lowest BCUT2D eigenvalue weighted by Gasteiger charge is -2.26. The van der Waals surface area contributed by atoms with Crippen LogP contribution in [-0.2, 0) is 10.0 Å². The molecule has 1 aromatic rings. The van der Waals surface area contributed by atoms with E-state index in [1.807, 2.05) is 0 Å². The Morgan fingerprint density at radius 3 is 2.68 bits per heavy atom. The summed E-state index contributed by atoms with van der Waals surface area (Å²) in [6.45, 7) is 2.70. The summed E-state index contributed by atoms with van der Waals surface area (Å²) in [6, 6.07) is 0. The quantitative estimate of drug-likeness (QED) is 0.864. The topological polar surface area (TPSA) is 98.0 Å². The van der Waals surface area contributed by atoms with Crippen molar-refractivity contribution in [2.45, 2.75) is 37.5 Å². The maximum Gasteiger partial charge on any atom is 0.243 e. The Morgan fingerprint density at radius 1 is 1.37 bits per heavy atom. The van der Waals surface area contributed by atoms with E-state index in [9.17, 15) is 8.42 Å². The summed E-state index contributed by atoms with van der Waals surface area (Å²) in [7, 11) is -3.52. The van der Waals surface area contributed by atoms with Gasteiger partial charge in [-0.3, -0.25) is 0 Å². The summed E-state index contributed by atoms with van der Waals surface area (Å²) in [4.78, 5) is 7.46. The molecule has 2 unspecified atom stereocenters. The number of hydrogen-bond acceptors (Lipinski definition) is 5. The maximum absolute atomic E-state index is 12.0. The molecule has 19 heavy (non-hydrogen) atoms. The summed E-state index contributed by atoms with van der Waals surface area (Å²) < 4.78 is 26.7. The smallest absolute Gasteiger partial charge is 0.243 e. The SMILES string of the molecule is CC1CCCC(CNS(=O)(=O)c2cnc(N)nc2)C1. The van der Waals surface area contributed by atoms with E-state index < -0.39 is 10.0 Å². The first kappa shape index (κ1) is 14.2. The Hall–Kier alpha value is -1.21. The largest absolute Gasteiger partial charge is 0.368 e. The molecule has 1 heterocycles. The van der Waals surface area contributed by atoms with Gasteiger partial charge in [0.15, 0.2) is 0 Å². The molecule has 0 spiro atoms. The minimum atomic E-state index is -3.52. The van der Waals surface area contributed by atoms with Crippen LogP contribution in [0.3, 0.4) is 0 Å². The fourth-order valence-corrected chi connectivity index (χ4v) is 3.53. The average molecular weight is 284 g/mol. The van der Waals surface area contributed by atoms with Crippen LogP contribution in [-0.4, -0.2) is 24.9 Å². The zero-order chi connectivity index (χ0) is 13.9. The summed E-state index contributed by atoms with van der Waals surface area (Å²) in [5, 5.41) is 0. The van der Waals surface area contributed by atoms with Crippen molar-refractivity contribution in [2.24, 2.45) is 11.8 Å². The van der Waals surface area contributed by atoms with E-state index in [0.717, 1.165) is 12.8 Å². The van der Waals surface area contributed by atoms with Gasteiger partial charge in [-0.2, -0.15) is 0 Å². The average Bonchev–Trinajstić information content (AvgIpc) is 2.37. The number of nitrogens with one attached hydrogen (secondary N) is 1. The summed E-state index contributed by atoms with van der Waals surface area (Å²) >= 11 is 0. The lowest BCUT2D eigenvalue weighted by molar-refractivity contribution is 0.283. The molecule has 2 atom stereocenters. The molecule has 1 fully saturated rings. The summed E-state index contributed by atoms with van der Waals surface area (Å²) in [5.74, 6) is 1.18. The van der Waals surface area contributed by atoms with Crippen LogP contribution >= 0.6 is 0 Å². The second-order valence-corrected chi connectivity index (χ2v) is 7.03. The lowest BCUT2D eigenvalue weighted by Crippen LogP contribution is -2.31. The molecule has 0 bridgehead atoms. The van der Waals surface area contributed by atoms with Gasteiger partial charge in [0.2, 0.25) is 16.0 Å². The molecule has 1 aliphatic carbocycles. The van der Waals surface area contributed by atoms with Crippen molar-refractivity contribution in [2.75, 3.05) is 12.3 Å². The van der Waals surface area contributed by atoms with E-state index in [1.54, 1.807) is 0 Å². The van der Waals surface area contributed by atoms with Gasteiger partial charge in [0, 0.05) is 6.54 Å². The number of aromatic nitrogens is 2. The van der Waals surface area contributed by atoms with Crippen molar-refractivity contribution in [3.63, 3.8) is 0 Å².